The van der Waals surface area contributed by atoms with E-state index >= 15 is 0 Å². The van der Waals surface area contributed by atoms with Gasteiger partial charge in [0.15, 0.2) is 0 Å². The van der Waals surface area contributed by atoms with Gasteiger partial charge in [-0.1, -0.05) is 56.5 Å². The van der Waals surface area contributed by atoms with Gasteiger partial charge < -0.3 is 15.7 Å². The van der Waals surface area contributed by atoms with Gasteiger partial charge in [0.25, 0.3) is 0 Å². The second-order valence-electron chi connectivity index (χ2n) is 8.38. The van der Waals surface area contributed by atoms with Crippen molar-refractivity contribution in [3.05, 3.63) is 35.9 Å². The number of carboxylic acids is 1. The van der Waals surface area contributed by atoms with E-state index in [0.717, 1.165) is 51.5 Å². The van der Waals surface area contributed by atoms with Gasteiger partial charge in [0.2, 0.25) is 0 Å². The third-order valence-corrected chi connectivity index (χ3v) is 6.28. The van der Waals surface area contributed by atoms with E-state index in [1.807, 2.05) is 17.9 Å². The van der Waals surface area contributed by atoms with E-state index in [2.05, 4.69) is 34.9 Å². The van der Waals surface area contributed by atoms with Crippen LogP contribution in [0.5, 0.6) is 0 Å². The van der Waals surface area contributed by atoms with Crippen molar-refractivity contribution in [2.75, 3.05) is 13.1 Å². The van der Waals surface area contributed by atoms with Crippen LogP contribution in [0.3, 0.4) is 0 Å². The number of nitrogens with one attached hydrogen (secondary N) is 2. The van der Waals surface area contributed by atoms with E-state index in [1.54, 1.807) is 0 Å². The first-order chi connectivity index (χ1) is 13.5. The van der Waals surface area contributed by atoms with Crippen molar-refractivity contribution >= 4 is 12.0 Å². The maximum Gasteiger partial charge on any atom is 0.317 e. The average molecular weight is 388 g/mol. The average Bonchev–Trinajstić information content (AvgIpc) is 2.64. The zero-order chi connectivity index (χ0) is 20.0. The van der Waals surface area contributed by atoms with Gasteiger partial charge in [-0.3, -0.25) is 9.69 Å². The van der Waals surface area contributed by atoms with Crippen molar-refractivity contribution in [2.45, 2.75) is 75.9 Å². The summed E-state index contributed by atoms with van der Waals surface area (Å²) in [5, 5.41) is 15.4. The lowest BCUT2D eigenvalue weighted by atomic mass is 9.77. The molecule has 0 atom stereocenters. The molecule has 0 bridgehead atoms. The Hall–Kier alpha value is -2.08. The molecule has 1 aromatic carbocycles. The summed E-state index contributed by atoms with van der Waals surface area (Å²) in [6.07, 6.45) is 8.09. The molecule has 6 heteroatoms. The van der Waals surface area contributed by atoms with Crippen LogP contribution < -0.4 is 10.6 Å². The van der Waals surface area contributed by atoms with Crippen LogP contribution in [-0.2, 0) is 11.2 Å². The number of rotatable bonds is 8. The summed E-state index contributed by atoms with van der Waals surface area (Å²) >= 11 is 0. The second-order valence-corrected chi connectivity index (χ2v) is 8.38. The van der Waals surface area contributed by atoms with Crippen molar-refractivity contribution in [1.82, 2.24) is 15.5 Å². The fourth-order valence-corrected chi connectivity index (χ4v) is 4.70. The molecule has 0 radical (unpaired) electrons. The number of hydrogen-bond acceptors (Lipinski definition) is 3. The standard InChI is InChI=1S/C22H33N3O3/c1-2-25(16-20(26)27)19-13-18(14-19)23-21(28)24-22(11-7-4-8-12-22)15-17-9-5-3-6-10-17/h3,5-6,9-10,18-19H,2,4,7-8,11-16H2,1H3,(H,26,27)(H2,23,24,28). The van der Waals surface area contributed by atoms with E-state index in [-0.39, 0.29) is 30.2 Å². The molecular formula is C22H33N3O3. The Kier molecular flexibility index (Phi) is 6.94. The number of carbonyl (C=O) groups is 2. The highest BCUT2D eigenvalue weighted by molar-refractivity contribution is 5.75. The molecule has 3 rings (SSSR count). The Morgan fingerprint density at radius 1 is 1.14 bits per heavy atom. The minimum absolute atomic E-state index is 0.0697. The summed E-state index contributed by atoms with van der Waals surface area (Å²) in [5.74, 6) is -0.795. The number of hydrogen-bond donors (Lipinski definition) is 3. The number of carbonyl (C=O) groups excluding carboxylic acids is 1. The van der Waals surface area contributed by atoms with E-state index in [1.165, 1.54) is 12.0 Å². The summed E-state index contributed by atoms with van der Waals surface area (Å²) in [6.45, 7) is 2.77. The maximum absolute atomic E-state index is 12.7. The third-order valence-electron chi connectivity index (χ3n) is 6.28. The Morgan fingerprint density at radius 2 is 1.82 bits per heavy atom. The number of carboxylic acid groups (broad SMARTS) is 1. The van der Waals surface area contributed by atoms with Crippen LogP contribution in [0.15, 0.2) is 30.3 Å². The Morgan fingerprint density at radius 3 is 2.43 bits per heavy atom. The Labute approximate surface area is 167 Å². The number of benzene rings is 1. The summed E-state index contributed by atoms with van der Waals surface area (Å²) in [7, 11) is 0. The zero-order valence-corrected chi connectivity index (χ0v) is 16.8. The van der Waals surface area contributed by atoms with Crippen LogP contribution in [0.1, 0.15) is 57.4 Å². The fraction of sp³-hybridized carbons (Fsp3) is 0.636. The lowest BCUT2D eigenvalue weighted by molar-refractivity contribution is -0.139. The highest BCUT2D eigenvalue weighted by atomic mass is 16.4. The first-order valence-corrected chi connectivity index (χ1v) is 10.6. The van der Waals surface area contributed by atoms with Gasteiger partial charge in [-0.25, -0.2) is 4.79 Å². The molecule has 0 unspecified atom stereocenters. The molecule has 0 spiro atoms. The van der Waals surface area contributed by atoms with E-state index < -0.39 is 5.97 Å². The van der Waals surface area contributed by atoms with Crippen molar-refractivity contribution < 1.29 is 14.7 Å². The van der Waals surface area contributed by atoms with Gasteiger partial charge in [-0.05, 0) is 44.2 Å². The molecule has 2 aliphatic carbocycles. The Balaban J connectivity index is 1.51. The maximum atomic E-state index is 12.7. The monoisotopic (exact) mass is 387 g/mol. The van der Waals surface area contributed by atoms with Crippen LogP contribution in [0.4, 0.5) is 4.79 Å². The molecule has 0 aliphatic heterocycles. The molecule has 3 N–H and O–H groups in total. The van der Waals surface area contributed by atoms with Gasteiger partial charge in [0.05, 0.1) is 6.54 Å². The van der Waals surface area contributed by atoms with E-state index in [4.69, 9.17) is 5.11 Å². The summed E-state index contributed by atoms with van der Waals surface area (Å²) in [5.41, 5.74) is 1.10. The van der Waals surface area contributed by atoms with Gasteiger partial charge >= 0.3 is 12.0 Å². The molecular weight excluding hydrogens is 354 g/mol. The number of urea groups is 1. The van der Waals surface area contributed by atoms with Gasteiger partial charge in [0, 0.05) is 17.6 Å². The fourth-order valence-electron chi connectivity index (χ4n) is 4.70. The molecule has 2 aliphatic rings. The normalized spacial score (nSPS) is 23.6. The van der Waals surface area contributed by atoms with Gasteiger partial charge in [0.1, 0.15) is 0 Å². The highest BCUT2D eigenvalue weighted by Crippen LogP contribution is 2.32. The molecule has 6 nitrogen and oxygen atoms in total. The van der Waals surface area contributed by atoms with Gasteiger partial charge in [-0.2, -0.15) is 0 Å². The molecule has 2 fully saturated rings. The SMILES string of the molecule is CCN(CC(=O)O)C1CC(NC(=O)NC2(Cc3ccccc3)CCCCC2)C1. The molecule has 0 aromatic heterocycles. The zero-order valence-electron chi connectivity index (χ0n) is 16.8. The number of nitrogens with zero attached hydrogens (tertiary/aromatic N) is 1. The van der Waals surface area contributed by atoms with Crippen LogP contribution >= 0.6 is 0 Å². The van der Waals surface area contributed by atoms with Crippen molar-refractivity contribution in [3.8, 4) is 0 Å². The second kappa shape index (κ2) is 9.41. The summed E-state index contributed by atoms with van der Waals surface area (Å²) < 4.78 is 0. The minimum Gasteiger partial charge on any atom is -0.480 e. The first-order valence-electron chi connectivity index (χ1n) is 10.6. The summed E-state index contributed by atoms with van der Waals surface area (Å²) in [4.78, 5) is 25.6. The molecule has 2 amide bonds. The van der Waals surface area contributed by atoms with Crippen molar-refractivity contribution in [3.63, 3.8) is 0 Å². The number of likely N-dealkylation sites (N-methyl/N-ethyl adjacent to an activating group) is 1. The molecule has 1 aromatic rings. The molecule has 2 saturated carbocycles. The smallest absolute Gasteiger partial charge is 0.317 e. The predicted molar refractivity (Wildman–Crippen MR) is 109 cm³/mol. The molecule has 28 heavy (non-hydrogen) atoms. The van der Waals surface area contributed by atoms with Crippen molar-refractivity contribution in [1.29, 1.82) is 0 Å². The third kappa shape index (κ3) is 5.47. The van der Waals surface area contributed by atoms with Crippen LogP contribution in [0.2, 0.25) is 0 Å². The molecule has 0 heterocycles. The quantitative estimate of drug-likeness (QED) is 0.640. The largest absolute Gasteiger partial charge is 0.480 e. The topological polar surface area (TPSA) is 81.7 Å². The first kappa shape index (κ1) is 20.6. The van der Waals surface area contributed by atoms with Crippen molar-refractivity contribution in [2.24, 2.45) is 0 Å². The van der Waals surface area contributed by atoms with E-state index in [9.17, 15) is 9.59 Å². The predicted octanol–water partition coefficient (Wildman–Crippen LogP) is 3.17. The lowest BCUT2D eigenvalue weighted by Crippen LogP contribution is -2.60. The number of amides is 2. The van der Waals surface area contributed by atoms with Crippen LogP contribution in [0, 0.1) is 0 Å². The summed E-state index contributed by atoms with van der Waals surface area (Å²) in [6, 6.07) is 10.7. The van der Waals surface area contributed by atoms with Gasteiger partial charge in [-0.15, -0.1) is 0 Å². The molecule has 154 valence electrons. The van der Waals surface area contributed by atoms with Crippen LogP contribution in [0.25, 0.3) is 0 Å². The lowest BCUT2D eigenvalue weighted by Gasteiger charge is -2.43. The van der Waals surface area contributed by atoms with Crippen LogP contribution in [-0.4, -0.2) is 52.7 Å². The molecule has 0 saturated heterocycles. The van der Waals surface area contributed by atoms with E-state index in [0.29, 0.717) is 0 Å². The minimum atomic E-state index is -0.795. The number of aliphatic carboxylic acids is 1. The highest BCUT2D eigenvalue weighted by Gasteiger charge is 2.37. The Bertz CT molecular complexity index is 652.